The number of ether oxygens (including phenoxy) is 1. The fourth-order valence-electron chi connectivity index (χ4n) is 4.03. The zero-order valence-corrected chi connectivity index (χ0v) is 19.2. The van der Waals surface area contributed by atoms with Gasteiger partial charge in [-0.05, 0) is 86.3 Å². The molecule has 4 rings (SSSR count). The number of aryl methyl sites for hydroxylation is 3. The molecule has 0 fully saturated rings. The molecule has 0 spiro atoms. The van der Waals surface area contributed by atoms with Gasteiger partial charge < -0.3 is 10.1 Å². The van der Waals surface area contributed by atoms with E-state index in [9.17, 15) is 13.2 Å². The van der Waals surface area contributed by atoms with Crippen LogP contribution < -0.4 is 14.4 Å². The van der Waals surface area contributed by atoms with E-state index in [1.807, 2.05) is 38.1 Å². The number of sulfonamides is 1. The van der Waals surface area contributed by atoms with E-state index in [4.69, 9.17) is 4.74 Å². The molecule has 0 bridgehead atoms. The number of hydrogen-bond acceptors (Lipinski definition) is 4. The quantitative estimate of drug-likeness (QED) is 0.611. The molecule has 3 aromatic rings. The predicted octanol–water partition coefficient (Wildman–Crippen LogP) is 4.71. The molecule has 0 atom stereocenters. The van der Waals surface area contributed by atoms with Crippen LogP contribution in [0.5, 0.6) is 5.75 Å². The Kier molecular flexibility index (Phi) is 5.93. The lowest BCUT2D eigenvalue weighted by atomic mass is 10.0. The lowest BCUT2D eigenvalue weighted by Crippen LogP contribution is -2.35. The van der Waals surface area contributed by atoms with Crippen molar-refractivity contribution < 1.29 is 17.9 Å². The molecular weight excluding hydrogens is 424 g/mol. The van der Waals surface area contributed by atoms with Crippen LogP contribution in [0.2, 0.25) is 0 Å². The van der Waals surface area contributed by atoms with Crippen molar-refractivity contribution in [2.45, 2.75) is 31.6 Å². The molecule has 0 aliphatic carbocycles. The first-order valence-corrected chi connectivity index (χ1v) is 11.9. The highest BCUT2D eigenvalue weighted by Gasteiger charge is 2.29. The monoisotopic (exact) mass is 450 g/mol. The maximum atomic E-state index is 13.3. The van der Waals surface area contributed by atoms with Crippen LogP contribution in [-0.2, 0) is 16.4 Å². The molecule has 0 saturated heterocycles. The van der Waals surface area contributed by atoms with Crippen LogP contribution in [0.15, 0.2) is 65.6 Å². The summed E-state index contributed by atoms with van der Waals surface area (Å²) in [4.78, 5) is 13.0. The van der Waals surface area contributed by atoms with Crippen molar-refractivity contribution in [3.63, 3.8) is 0 Å². The van der Waals surface area contributed by atoms with Crippen LogP contribution in [-0.4, -0.2) is 28.0 Å². The topological polar surface area (TPSA) is 75.7 Å². The Balaban J connectivity index is 1.60. The maximum Gasteiger partial charge on any atom is 0.264 e. The number of carbonyl (C=O) groups is 1. The minimum absolute atomic E-state index is 0.180. The van der Waals surface area contributed by atoms with Crippen molar-refractivity contribution in [3.05, 3.63) is 82.9 Å². The van der Waals surface area contributed by atoms with E-state index in [1.165, 1.54) is 4.31 Å². The number of hydrogen-bond donors (Lipinski definition) is 1. The van der Waals surface area contributed by atoms with E-state index in [2.05, 4.69) is 5.32 Å². The van der Waals surface area contributed by atoms with Crippen molar-refractivity contribution in [2.75, 3.05) is 23.3 Å². The SMILES string of the molecule is COc1ccc(S(=O)(=O)N2CCCc3cc(NC(=O)c4ccc(C)cc4C)ccc32)cc1. The van der Waals surface area contributed by atoms with Gasteiger partial charge in [-0.3, -0.25) is 9.10 Å². The summed E-state index contributed by atoms with van der Waals surface area (Å²) in [5.74, 6) is 0.424. The number of rotatable bonds is 5. The van der Waals surface area contributed by atoms with Crippen LogP contribution in [0.1, 0.15) is 33.5 Å². The summed E-state index contributed by atoms with van der Waals surface area (Å²) in [5, 5.41) is 2.95. The van der Waals surface area contributed by atoms with Crippen molar-refractivity contribution in [2.24, 2.45) is 0 Å². The van der Waals surface area contributed by atoms with E-state index < -0.39 is 10.0 Å². The van der Waals surface area contributed by atoms with Gasteiger partial charge in [0.1, 0.15) is 5.75 Å². The van der Waals surface area contributed by atoms with Gasteiger partial charge in [0.25, 0.3) is 15.9 Å². The summed E-state index contributed by atoms with van der Waals surface area (Å²) < 4.78 is 33.1. The molecule has 1 N–H and O–H groups in total. The maximum absolute atomic E-state index is 13.3. The van der Waals surface area contributed by atoms with E-state index in [-0.39, 0.29) is 10.8 Å². The molecule has 166 valence electrons. The minimum Gasteiger partial charge on any atom is -0.497 e. The van der Waals surface area contributed by atoms with Crippen LogP contribution in [0.3, 0.4) is 0 Å². The van der Waals surface area contributed by atoms with Crippen molar-refractivity contribution in [3.8, 4) is 5.75 Å². The molecule has 1 aliphatic heterocycles. The van der Waals surface area contributed by atoms with E-state index >= 15 is 0 Å². The zero-order valence-electron chi connectivity index (χ0n) is 18.4. The number of nitrogens with zero attached hydrogens (tertiary/aromatic N) is 1. The first-order chi connectivity index (χ1) is 15.3. The lowest BCUT2D eigenvalue weighted by molar-refractivity contribution is 0.102. The second-order valence-corrected chi connectivity index (χ2v) is 9.83. The number of methoxy groups -OCH3 is 1. The van der Waals surface area contributed by atoms with Crippen molar-refractivity contribution in [1.82, 2.24) is 0 Å². The molecule has 3 aromatic carbocycles. The third-order valence-electron chi connectivity index (χ3n) is 5.69. The Hall–Kier alpha value is -3.32. The third kappa shape index (κ3) is 4.21. The normalized spacial score (nSPS) is 13.4. The highest BCUT2D eigenvalue weighted by molar-refractivity contribution is 7.92. The van der Waals surface area contributed by atoms with Crippen molar-refractivity contribution in [1.29, 1.82) is 0 Å². The second kappa shape index (κ2) is 8.67. The van der Waals surface area contributed by atoms with Crippen LogP contribution in [0.25, 0.3) is 0 Å². The van der Waals surface area contributed by atoms with Gasteiger partial charge >= 0.3 is 0 Å². The summed E-state index contributed by atoms with van der Waals surface area (Å²) in [7, 11) is -2.16. The van der Waals surface area contributed by atoms with Gasteiger partial charge in [-0.1, -0.05) is 17.7 Å². The fraction of sp³-hybridized carbons (Fsp3) is 0.240. The molecule has 1 amide bonds. The summed E-state index contributed by atoms with van der Waals surface area (Å²) >= 11 is 0. The largest absolute Gasteiger partial charge is 0.497 e. The number of benzene rings is 3. The van der Waals surface area contributed by atoms with Crippen molar-refractivity contribution >= 4 is 27.3 Å². The molecule has 0 unspecified atom stereocenters. The molecular formula is C25H26N2O4S. The smallest absolute Gasteiger partial charge is 0.264 e. The minimum atomic E-state index is -3.70. The summed E-state index contributed by atoms with van der Waals surface area (Å²) in [6.07, 6.45) is 1.45. The van der Waals surface area contributed by atoms with Gasteiger partial charge in [0.2, 0.25) is 0 Å². The highest BCUT2D eigenvalue weighted by atomic mass is 32.2. The Bertz CT molecular complexity index is 1270. The van der Waals surface area contributed by atoms with E-state index in [0.29, 0.717) is 35.7 Å². The Morgan fingerprint density at radius 1 is 1.00 bits per heavy atom. The number of nitrogens with one attached hydrogen (secondary N) is 1. The highest BCUT2D eigenvalue weighted by Crippen LogP contribution is 2.34. The number of carbonyl (C=O) groups excluding carboxylic acids is 1. The molecule has 0 saturated carbocycles. The lowest BCUT2D eigenvalue weighted by Gasteiger charge is -2.31. The molecule has 0 aromatic heterocycles. The molecule has 1 aliphatic rings. The summed E-state index contributed by atoms with van der Waals surface area (Å²) in [5.41, 5.74) is 4.83. The van der Waals surface area contributed by atoms with Gasteiger partial charge in [0, 0.05) is 17.8 Å². The second-order valence-electron chi connectivity index (χ2n) is 7.97. The third-order valence-corrected chi connectivity index (χ3v) is 7.51. The molecule has 1 heterocycles. The van der Waals surface area contributed by atoms with Gasteiger partial charge in [0.05, 0.1) is 17.7 Å². The van der Waals surface area contributed by atoms with Crippen LogP contribution in [0.4, 0.5) is 11.4 Å². The molecule has 32 heavy (non-hydrogen) atoms. The van der Waals surface area contributed by atoms with Gasteiger partial charge in [-0.15, -0.1) is 0 Å². The number of amides is 1. The Morgan fingerprint density at radius 2 is 1.75 bits per heavy atom. The average molecular weight is 451 g/mol. The predicted molar refractivity (Wildman–Crippen MR) is 126 cm³/mol. The molecule has 6 nitrogen and oxygen atoms in total. The summed E-state index contributed by atoms with van der Waals surface area (Å²) in [6.45, 7) is 4.32. The first-order valence-electron chi connectivity index (χ1n) is 10.5. The standard InChI is InChI=1S/C25H26N2O4S/c1-17-6-12-23(18(2)15-17)25(28)26-20-7-13-24-19(16-20)5-4-14-27(24)32(29,30)22-10-8-21(31-3)9-11-22/h6-13,15-16H,4-5,14H2,1-3H3,(H,26,28). The van der Waals surface area contributed by atoms with Gasteiger partial charge in [-0.2, -0.15) is 0 Å². The zero-order chi connectivity index (χ0) is 22.9. The molecule has 0 radical (unpaired) electrons. The van der Waals surface area contributed by atoms with Crippen LogP contribution >= 0.6 is 0 Å². The first kappa shape index (κ1) is 21.9. The summed E-state index contributed by atoms with van der Waals surface area (Å²) in [6, 6.07) is 17.5. The van der Waals surface area contributed by atoms with E-state index in [0.717, 1.165) is 23.1 Å². The number of anilines is 2. The van der Waals surface area contributed by atoms with Crippen LogP contribution in [0, 0.1) is 13.8 Å². The van der Waals surface area contributed by atoms with E-state index in [1.54, 1.807) is 43.5 Å². The number of fused-ring (bicyclic) bond motifs is 1. The van der Waals surface area contributed by atoms with Gasteiger partial charge in [0.15, 0.2) is 0 Å². The average Bonchev–Trinajstić information content (AvgIpc) is 2.78. The Labute approximate surface area is 188 Å². The molecule has 7 heteroatoms. The van der Waals surface area contributed by atoms with Gasteiger partial charge in [-0.25, -0.2) is 8.42 Å². The fourth-order valence-corrected chi connectivity index (χ4v) is 5.57. The Morgan fingerprint density at radius 3 is 2.44 bits per heavy atom.